The van der Waals surface area contributed by atoms with Gasteiger partial charge in [0, 0.05) is 41.0 Å². The first kappa shape index (κ1) is 22.1. The lowest BCUT2D eigenvalue weighted by Crippen LogP contribution is -2.20. The molecule has 0 aliphatic rings. The van der Waals surface area contributed by atoms with Crippen molar-refractivity contribution < 1.29 is 0 Å². The van der Waals surface area contributed by atoms with E-state index in [2.05, 4.69) is 35.8 Å². The van der Waals surface area contributed by atoms with Gasteiger partial charge in [-0.1, -0.05) is 48.5 Å². The van der Waals surface area contributed by atoms with Crippen LogP contribution in [0.4, 0.5) is 17.3 Å². The summed E-state index contributed by atoms with van der Waals surface area (Å²) in [7, 11) is 0. The zero-order chi connectivity index (χ0) is 24.0. The van der Waals surface area contributed by atoms with Crippen LogP contribution in [0, 0.1) is 0 Å². The number of nitrogens with one attached hydrogen (secondary N) is 2. The smallest absolute Gasteiger partial charge is 0.176 e. The summed E-state index contributed by atoms with van der Waals surface area (Å²) in [6.07, 6.45) is 5.07. The second-order valence-electron chi connectivity index (χ2n) is 7.52. The van der Waals surface area contributed by atoms with Gasteiger partial charge in [-0.3, -0.25) is 4.98 Å². The Balaban J connectivity index is 1.38. The van der Waals surface area contributed by atoms with Crippen LogP contribution in [0.2, 0.25) is 0 Å². The van der Waals surface area contributed by atoms with Gasteiger partial charge >= 0.3 is 0 Å². The first-order chi connectivity index (χ1) is 17.2. The predicted molar refractivity (Wildman–Crippen MR) is 142 cm³/mol. The second kappa shape index (κ2) is 10.0. The molecule has 0 saturated heterocycles. The number of thiocarbonyl (C=S) groups is 1. The number of nitrogens with zero attached hydrogens (tertiary/aromatic N) is 5. The van der Waals surface area contributed by atoms with Gasteiger partial charge in [0.1, 0.15) is 5.82 Å². The van der Waals surface area contributed by atoms with Crippen LogP contribution in [0.15, 0.2) is 97.5 Å². The fourth-order valence-corrected chi connectivity index (χ4v) is 3.78. The van der Waals surface area contributed by atoms with E-state index in [-0.39, 0.29) is 0 Å². The molecule has 3 heterocycles. The second-order valence-corrected chi connectivity index (χ2v) is 7.93. The fourth-order valence-electron chi connectivity index (χ4n) is 3.57. The van der Waals surface area contributed by atoms with Crippen LogP contribution in [0.5, 0.6) is 0 Å². The number of benzene rings is 2. The molecule has 0 atom stereocenters. The van der Waals surface area contributed by atoms with Gasteiger partial charge in [-0.15, -0.1) is 10.2 Å². The van der Waals surface area contributed by atoms with Crippen molar-refractivity contribution in [1.29, 1.82) is 0 Å². The van der Waals surface area contributed by atoms with Crippen molar-refractivity contribution >= 4 is 34.7 Å². The molecule has 5 aromatic rings. The largest absolute Gasteiger partial charge is 0.384 e. The fraction of sp³-hybridized carbons (Fsp3) is 0. The van der Waals surface area contributed by atoms with Crippen molar-refractivity contribution in [2.45, 2.75) is 0 Å². The number of para-hydroxylation sites is 1. The highest BCUT2D eigenvalue weighted by Crippen LogP contribution is 2.34. The Kier molecular flexibility index (Phi) is 6.31. The Hall–Kier alpha value is -4.76. The number of anilines is 3. The molecule has 0 bridgehead atoms. The number of hydrogen-bond acceptors (Lipinski definition) is 7. The lowest BCUT2D eigenvalue weighted by Gasteiger charge is -2.15. The molecule has 5 rings (SSSR count). The maximum absolute atomic E-state index is 5.88. The van der Waals surface area contributed by atoms with Crippen LogP contribution in [0.25, 0.3) is 33.8 Å². The highest BCUT2D eigenvalue weighted by Gasteiger charge is 2.14. The average molecular weight is 477 g/mol. The summed E-state index contributed by atoms with van der Waals surface area (Å²) in [5, 5.41) is 15.3. The quantitative estimate of drug-likeness (QED) is 0.300. The highest BCUT2D eigenvalue weighted by atomic mass is 32.1. The van der Waals surface area contributed by atoms with E-state index in [1.807, 2.05) is 72.8 Å². The van der Waals surface area contributed by atoms with Crippen LogP contribution >= 0.6 is 12.2 Å². The molecule has 0 spiro atoms. The van der Waals surface area contributed by atoms with Gasteiger partial charge in [0.2, 0.25) is 0 Å². The Bertz CT molecular complexity index is 1470. The van der Waals surface area contributed by atoms with Crippen LogP contribution in [0.1, 0.15) is 0 Å². The lowest BCUT2D eigenvalue weighted by atomic mass is 9.99. The Morgan fingerprint density at radius 3 is 2.37 bits per heavy atom. The summed E-state index contributed by atoms with van der Waals surface area (Å²) in [4.78, 5) is 13.0. The molecule has 4 N–H and O–H groups in total. The summed E-state index contributed by atoms with van der Waals surface area (Å²) in [5.74, 6) is 1.43. The molecule has 0 unspecified atom stereocenters. The average Bonchev–Trinajstić information content (AvgIpc) is 2.90. The zero-order valence-electron chi connectivity index (χ0n) is 18.5. The lowest BCUT2D eigenvalue weighted by molar-refractivity contribution is 1.05. The van der Waals surface area contributed by atoms with Gasteiger partial charge in [-0.2, -0.15) is 0 Å². The van der Waals surface area contributed by atoms with Crippen molar-refractivity contribution in [1.82, 2.24) is 25.1 Å². The minimum Gasteiger partial charge on any atom is -0.384 e. The molecule has 0 saturated carbocycles. The Labute approximate surface area is 207 Å². The molecular weight excluding hydrogens is 456 g/mol. The molecular formula is C26H20N8S. The number of hydrogen-bond donors (Lipinski definition) is 3. The molecule has 170 valence electrons. The normalized spacial score (nSPS) is 10.5. The number of pyridine rings is 1. The number of rotatable bonds is 5. The SMILES string of the molecule is Nc1ccnc(-c2cnccc2-c2ccccc2NC(=S)Nc2ccc(-c3ccccc3)nn2)n1. The van der Waals surface area contributed by atoms with Crippen LogP contribution < -0.4 is 16.4 Å². The van der Waals surface area contributed by atoms with Crippen LogP contribution in [0.3, 0.4) is 0 Å². The highest BCUT2D eigenvalue weighted by molar-refractivity contribution is 7.80. The molecule has 2 aromatic carbocycles. The molecule has 35 heavy (non-hydrogen) atoms. The minimum absolute atomic E-state index is 0.384. The topological polar surface area (TPSA) is 115 Å². The molecule has 9 heteroatoms. The van der Waals surface area contributed by atoms with E-state index >= 15 is 0 Å². The van der Waals surface area contributed by atoms with E-state index < -0.39 is 0 Å². The monoisotopic (exact) mass is 476 g/mol. The Morgan fingerprint density at radius 1 is 0.743 bits per heavy atom. The van der Waals surface area contributed by atoms with Crippen molar-refractivity contribution in [2.75, 3.05) is 16.4 Å². The van der Waals surface area contributed by atoms with Gasteiger partial charge < -0.3 is 16.4 Å². The maximum atomic E-state index is 5.88. The van der Waals surface area contributed by atoms with Crippen molar-refractivity contribution in [2.24, 2.45) is 0 Å². The van der Waals surface area contributed by atoms with Gasteiger partial charge in [0.25, 0.3) is 0 Å². The van der Waals surface area contributed by atoms with Gasteiger partial charge in [0.05, 0.1) is 5.69 Å². The van der Waals surface area contributed by atoms with Crippen LogP contribution in [-0.4, -0.2) is 30.3 Å². The van der Waals surface area contributed by atoms with Crippen LogP contribution in [-0.2, 0) is 0 Å². The third-order valence-electron chi connectivity index (χ3n) is 5.18. The summed E-state index contributed by atoms with van der Waals surface area (Å²) in [6.45, 7) is 0. The van der Waals surface area contributed by atoms with E-state index in [4.69, 9.17) is 18.0 Å². The number of nitrogens with two attached hydrogens (primary N) is 1. The van der Waals surface area contributed by atoms with Gasteiger partial charge in [-0.05, 0) is 48.1 Å². The van der Waals surface area contributed by atoms with E-state index in [0.29, 0.717) is 22.6 Å². The number of nitrogen functional groups attached to an aromatic ring is 1. The first-order valence-electron chi connectivity index (χ1n) is 10.8. The molecule has 0 amide bonds. The summed E-state index contributed by atoms with van der Waals surface area (Å²) in [5.41, 5.74) is 11.0. The van der Waals surface area contributed by atoms with E-state index in [1.165, 1.54) is 0 Å². The third kappa shape index (κ3) is 5.10. The zero-order valence-corrected chi connectivity index (χ0v) is 19.3. The molecule has 0 radical (unpaired) electrons. The minimum atomic E-state index is 0.384. The molecule has 0 fully saturated rings. The standard InChI is InChI=1S/C26H20N8S/c27-23-13-15-29-25(31-23)20-16-28-14-12-18(20)19-8-4-5-9-22(19)30-26(35)32-24-11-10-21(33-34-24)17-6-2-1-3-7-17/h1-16H,(H2,27,29,31)(H2,30,32,34,35). The summed E-state index contributed by atoms with van der Waals surface area (Å²) in [6, 6.07) is 25.0. The van der Waals surface area contributed by atoms with Gasteiger partial charge in [-0.25, -0.2) is 9.97 Å². The van der Waals surface area contributed by atoms with E-state index in [9.17, 15) is 0 Å². The third-order valence-corrected chi connectivity index (χ3v) is 5.38. The molecule has 3 aromatic heterocycles. The van der Waals surface area contributed by atoms with Crippen molar-refractivity contribution in [3.05, 3.63) is 97.5 Å². The van der Waals surface area contributed by atoms with E-state index in [1.54, 1.807) is 24.7 Å². The summed E-state index contributed by atoms with van der Waals surface area (Å²) >= 11 is 5.55. The van der Waals surface area contributed by atoms with Crippen molar-refractivity contribution in [3.63, 3.8) is 0 Å². The molecule has 8 nitrogen and oxygen atoms in total. The molecule has 0 aliphatic carbocycles. The first-order valence-corrected chi connectivity index (χ1v) is 11.2. The summed E-state index contributed by atoms with van der Waals surface area (Å²) < 4.78 is 0. The predicted octanol–water partition coefficient (Wildman–Crippen LogP) is 5.05. The number of aromatic nitrogens is 5. The molecule has 0 aliphatic heterocycles. The van der Waals surface area contributed by atoms with E-state index in [0.717, 1.165) is 33.6 Å². The Morgan fingerprint density at radius 2 is 1.57 bits per heavy atom. The van der Waals surface area contributed by atoms with Crippen molar-refractivity contribution in [3.8, 4) is 33.8 Å². The van der Waals surface area contributed by atoms with Gasteiger partial charge in [0.15, 0.2) is 16.8 Å². The maximum Gasteiger partial charge on any atom is 0.176 e.